The van der Waals surface area contributed by atoms with Gasteiger partial charge in [0.1, 0.15) is 0 Å². The highest BCUT2D eigenvalue weighted by Gasteiger charge is 2.16. The summed E-state index contributed by atoms with van der Waals surface area (Å²) in [6.45, 7) is 12.2. The molecule has 22 heavy (non-hydrogen) atoms. The topological polar surface area (TPSA) is 32.3 Å². The van der Waals surface area contributed by atoms with Crippen molar-refractivity contribution in [3.63, 3.8) is 0 Å². The van der Waals surface area contributed by atoms with Crippen LogP contribution in [0.2, 0.25) is 5.02 Å². The summed E-state index contributed by atoms with van der Waals surface area (Å²) in [5, 5.41) is 3.62. The van der Waals surface area contributed by atoms with Crippen molar-refractivity contribution in [1.29, 1.82) is 0 Å². The second-order valence-corrected chi connectivity index (χ2v) is 7.78. The van der Waals surface area contributed by atoms with Crippen molar-refractivity contribution in [2.24, 2.45) is 0 Å². The molecule has 0 aliphatic heterocycles. The van der Waals surface area contributed by atoms with Gasteiger partial charge in [-0.15, -0.1) is 11.8 Å². The molecule has 0 aliphatic carbocycles. The van der Waals surface area contributed by atoms with Crippen LogP contribution >= 0.6 is 23.4 Å². The van der Waals surface area contributed by atoms with Crippen LogP contribution in [-0.4, -0.2) is 41.2 Å². The third kappa shape index (κ3) is 6.59. The molecule has 1 N–H and O–H groups in total. The van der Waals surface area contributed by atoms with Crippen molar-refractivity contribution in [2.45, 2.75) is 56.8 Å². The van der Waals surface area contributed by atoms with Gasteiger partial charge in [-0.1, -0.05) is 11.6 Å². The number of hydrogen-bond donors (Lipinski definition) is 1. The molecule has 5 heteroatoms. The molecule has 0 saturated carbocycles. The van der Waals surface area contributed by atoms with Gasteiger partial charge in [0, 0.05) is 35.1 Å². The summed E-state index contributed by atoms with van der Waals surface area (Å²) in [7, 11) is 0. The molecule has 1 atom stereocenters. The first-order valence-electron chi connectivity index (χ1n) is 7.77. The van der Waals surface area contributed by atoms with Crippen LogP contribution in [0.25, 0.3) is 0 Å². The number of nitrogens with one attached hydrogen (secondary N) is 1. The lowest BCUT2D eigenvalue weighted by Crippen LogP contribution is -2.43. The Balaban J connectivity index is 2.39. The van der Waals surface area contributed by atoms with Crippen molar-refractivity contribution in [1.82, 2.24) is 10.2 Å². The largest absolute Gasteiger partial charge is 0.354 e. The number of nitrogens with zero attached hydrogens (tertiary/aromatic N) is 1. The van der Waals surface area contributed by atoms with E-state index in [2.05, 4.69) is 37.9 Å². The van der Waals surface area contributed by atoms with Gasteiger partial charge in [0.2, 0.25) is 5.91 Å². The molecule has 1 aromatic carbocycles. The molecule has 0 spiro atoms. The fourth-order valence-electron chi connectivity index (χ4n) is 2.34. The van der Waals surface area contributed by atoms with Crippen molar-refractivity contribution >= 4 is 29.3 Å². The van der Waals surface area contributed by atoms with Crippen LogP contribution < -0.4 is 5.32 Å². The van der Waals surface area contributed by atoms with E-state index in [1.54, 1.807) is 11.8 Å². The number of halogens is 1. The Morgan fingerprint density at radius 1 is 1.14 bits per heavy atom. The standard InChI is InChI=1S/C17H27ClN2OS/c1-12(2)20(13(3)4)11-10-19-17(21)14(5)22-16-8-6-15(18)7-9-16/h6-9,12-14H,10-11H2,1-5H3,(H,19,21). The molecular weight excluding hydrogens is 316 g/mol. The van der Waals surface area contributed by atoms with Gasteiger partial charge in [-0.3, -0.25) is 9.69 Å². The van der Waals surface area contributed by atoms with Crippen molar-refractivity contribution in [3.05, 3.63) is 29.3 Å². The Bertz CT molecular complexity index is 454. The molecule has 0 aliphatic rings. The molecule has 1 rings (SSSR count). The highest BCUT2D eigenvalue weighted by molar-refractivity contribution is 8.00. The smallest absolute Gasteiger partial charge is 0.233 e. The van der Waals surface area contributed by atoms with Gasteiger partial charge in [0.15, 0.2) is 0 Å². The Hall–Kier alpha value is -0.710. The van der Waals surface area contributed by atoms with Gasteiger partial charge >= 0.3 is 0 Å². The summed E-state index contributed by atoms with van der Waals surface area (Å²) in [5.41, 5.74) is 0. The monoisotopic (exact) mass is 342 g/mol. The van der Waals surface area contributed by atoms with Crippen LogP contribution in [0.15, 0.2) is 29.2 Å². The summed E-state index contributed by atoms with van der Waals surface area (Å²) in [6, 6.07) is 8.54. The van der Waals surface area contributed by atoms with Gasteiger partial charge in [-0.25, -0.2) is 0 Å². The zero-order valence-electron chi connectivity index (χ0n) is 14.1. The minimum absolute atomic E-state index is 0.0763. The van der Waals surface area contributed by atoms with Crippen molar-refractivity contribution in [2.75, 3.05) is 13.1 Å². The molecule has 0 saturated heterocycles. The highest BCUT2D eigenvalue weighted by Crippen LogP contribution is 2.24. The van der Waals surface area contributed by atoms with Crippen LogP contribution in [0.5, 0.6) is 0 Å². The fourth-order valence-corrected chi connectivity index (χ4v) is 3.35. The SMILES string of the molecule is CC(Sc1ccc(Cl)cc1)C(=O)NCCN(C(C)C)C(C)C. The van der Waals surface area contributed by atoms with E-state index in [4.69, 9.17) is 11.6 Å². The first-order chi connectivity index (χ1) is 10.3. The van der Waals surface area contributed by atoms with Crippen LogP contribution in [0, 0.1) is 0 Å². The number of hydrogen-bond acceptors (Lipinski definition) is 3. The summed E-state index contributed by atoms with van der Waals surface area (Å²) < 4.78 is 0. The van der Waals surface area contributed by atoms with E-state index in [-0.39, 0.29) is 11.2 Å². The van der Waals surface area contributed by atoms with Crippen molar-refractivity contribution in [3.8, 4) is 0 Å². The summed E-state index contributed by atoms with van der Waals surface area (Å²) in [4.78, 5) is 15.6. The van der Waals surface area contributed by atoms with Crippen LogP contribution in [0.3, 0.4) is 0 Å². The predicted octanol–water partition coefficient (Wildman–Crippen LogP) is 4.06. The van der Waals surface area contributed by atoms with Gasteiger partial charge in [-0.05, 0) is 58.9 Å². The number of thioether (sulfide) groups is 1. The molecule has 0 fully saturated rings. The lowest BCUT2D eigenvalue weighted by molar-refractivity contribution is -0.120. The molecule has 0 aromatic heterocycles. The maximum absolute atomic E-state index is 12.2. The maximum atomic E-state index is 12.2. The minimum Gasteiger partial charge on any atom is -0.354 e. The quantitative estimate of drug-likeness (QED) is 0.723. The normalized spacial score (nSPS) is 13.0. The average Bonchev–Trinajstić information content (AvgIpc) is 2.44. The van der Waals surface area contributed by atoms with E-state index in [9.17, 15) is 4.79 Å². The van der Waals surface area contributed by atoms with E-state index in [1.807, 2.05) is 31.2 Å². The molecule has 1 amide bonds. The number of amides is 1. The zero-order chi connectivity index (χ0) is 16.7. The lowest BCUT2D eigenvalue weighted by Gasteiger charge is -2.30. The molecule has 1 unspecified atom stereocenters. The molecular formula is C17H27ClN2OS. The van der Waals surface area contributed by atoms with Gasteiger partial charge in [-0.2, -0.15) is 0 Å². The van der Waals surface area contributed by atoms with E-state index >= 15 is 0 Å². The van der Waals surface area contributed by atoms with Gasteiger partial charge < -0.3 is 5.32 Å². The Kier molecular flexibility index (Phi) is 8.29. The second-order valence-electron chi connectivity index (χ2n) is 5.93. The number of carbonyl (C=O) groups is 1. The van der Waals surface area contributed by atoms with Gasteiger partial charge in [0.25, 0.3) is 0 Å². The Morgan fingerprint density at radius 3 is 2.18 bits per heavy atom. The first kappa shape index (κ1) is 19.3. The second kappa shape index (κ2) is 9.43. The summed E-state index contributed by atoms with van der Waals surface area (Å²) in [5.74, 6) is 0.0763. The average molecular weight is 343 g/mol. The lowest BCUT2D eigenvalue weighted by atomic mass is 10.2. The van der Waals surface area contributed by atoms with E-state index < -0.39 is 0 Å². The van der Waals surface area contributed by atoms with E-state index in [0.29, 0.717) is 23.7 Å². The molecule has 0 radical (unpaired) electrons. The van der Waals surface area contributed by atoms with Crippen LogP contribution in [0.1, 0.15) is 34.6 Å². The highest BCUT2D eigenvalue weighted by atomic mass is 35.5. The third-order valence-corrected chi connectivity index (χ3v) is 4.86. The minimum atomic E-state index is -0.118. The predicted molar refractivity (Wildman–Crippen MR) is 96.8 cm³/mol. The molecule has 0 heterocycles. The fraction of sp³-hybridized carbons (Fsp3) is 0.588. The third-order valence-electron chi connectivity index (χ3n) is 3.49. The molecule has 0 bridgehead atoms. The molecule has 1 aromatic rings. The number of rotatable bonds is 8. The zero-order valence-corrected chi connectivity index (χ0v) is 15.7. The van der Waals surface area contributed by atoms with Crippen LogP contribution in [-0.2, 0) is 4.79 Å². The first-order valence-corrected chi connectivity index (χ1v) is 9.02. The molecule has 124 valence electrons. The number of benzene rings is 1. The maximum Gasteiger partial charge on any atom is 0.233 e. The Morgan fingerprint density at radius 2 is 1.68 bits per heavy atom. The van der Waals surface area contributed by atoms with Crippen LogP contribution in [0.4, 0.5) is 0 Å². The summed E-state index contributed by atoms with van der Waals surface area (Å²) >= 11 is 7.41. The summed E-state index contributed by atoms with van der Waals surface area (Å²) in [6.07, 6.45) is 0. The van der Waals surface area contributed by atoms with E-state index in [0.717, 1.165) is 11.4 Å². The number of carbonyl (C=O) groups excluding carboxylic acids is 1. The van der Waals surface area contributed by atoms with E-state index in [1.165, 1.54) is 0 Å². The van der Waals surface area contributed by atoms with Gasteiger partial charge in [0.05, 0.1) is 5.25 Å². The Labute approximate surface area is 143 Å². The molecule has 3 nitrogen and oxygen atoms in total. The van der Waals surface area contributed by atoms with Crippen molar-refractivity contribution < 1.29 is 4.79 Å².